The first-order valence-electron chi connectivity index (χ1n) is 9.68. The molecule has 12 heteroatoms. The number of likely N-dealkylation sites (tertiary alicyclic amines) is 1. The van der Waals surface area contributed by atoms with Crippen molar-refractivity contribution in [3.05, 3.63) is 34.0 Å². The van der Waals surface area contributed by atoms with Crippen molar-refractivity contribution in [1.82, 2.24) is 9.88 Å². The summed E-state index contributed by atoms with van der Waals surface area (Å²) in [6.07, 6.45) is -2.09. The number of anilines is 1. The number of carbonyl (C=O) groups excluding carboxylic acids is 2. The van der Waals surface area contributed by atoms with Crippen molar-refractivity contribution >= 4 is 28.8 Å². The number of nitrogens with two attached hydrogens (primary N) is 1. The Morgan fingerprint density at radius 3 is 2.50 bits per heavy atom. The number of aromatic nitrogens is 1. The molecule has 1 atom stereocenters. The Bertz CT molecular complexity index is 1030. The quantitative estimate of drug-likeness (QED) is 0.643. The number of primary amides is 1. The van der Waals surface area contributed by atoms with Gasteiger partial charge in [0.1, 0.15) is 11.2 Å². The van der Waals surface area contributed by atoms with Gasteiger partial charge in [0, 0.05) is 11.6 Å². The number of aryl methyl sites for hydroxylation is 1. The van der Waals surface area contributed by atoms with E-state index in [0.717, 1.165) is 50.6 Å². The molecular weight excluding hydrogens is 449 g/mol. The van der Waals surface area contributed by atoms with Crippen LogP contribution in [0.15, 0.2) is 21.3 Å². The average molecular weight is 475 g/mol. The lowest BCUT2D eigenvalue weighted by Crippen LogP contribution is -2.37. The second-order valence-electron chi connectivity index (χ2n) is 7.89. The van der Waals surface area contributed by atoms with Crippen molar-refractivity contribution in [1.29, 1.82) is 0 Å². The third-order valence-corrected chi connectivity index (χ3v) is 6.32. The van der Waals surface area contributed by atoms with Gasteiger partial charge in [-0.1, -0.05) is 11.3 Å². The van der Waals surface area contributed by atoms with Crippen LogP contribution in [0.2, 0.25) is 0 Å². The molecule has 32 heavy (non-hydrogen) atoms. The Hall–Kier alpha value is -2.73. The van der Waals surface area contributed by atoms with E-state index >= 15 is 0 Å². The summed E-state index contributed by atoms with van der Waals surface area (Å²) in [6.45, 7) is 4.51. The van der Waals surface area contributed by atoms with Gasteiger partial charge in [0.15, 0.2) is 5.13 Å². The molecule has 1 aliphatic rings. The van der Waals surface area contributed by atoms with Crippen LogP contribution in [-0.4, -0.2) is 48.0 Å². The maximum absolute atomic E-state index is 13.1. The molecule has 0 spiro atoms. The Morgan fingerprint density at radius 2 is 2.03 bits per heavy atom. The van der Waals surface area contributed by atoms with Gasteiger partial charge in [-0.3, -0.25) is 14.5 Å². The number of thiazole rings is 1. The molecule has 2 aromatic rings. The highest BCUT2D eigenvalue weighted by Crippen LogP contribution is 2.41. The molecule has 3 N–H and O–H groups in total. The zero-order valence-electron chi connectivity index (χ0n) is 18.1. The summed E-state index contributed by atoms with van der Waals surface area (Å²) in [5.74, 6) is -0.666. The highest BCUT2D eigenvalue weighted by Gasteiger charge is 2.50. The summed E-state index contributed by atoms with van der Waals surface area (Å²) >= 11 is 1.06. The SMILES string of the molecule is CN1CCCC1C(N)=O.Cc1nc(NC=O)sc1-c1cc(C(C)(C)C(F)(F)F)oc(=O)c1. The number of carbonyl (C=O) groups is 2. The zero-order valence-corrected chi connectivity index (χ0v) is 18.9. The van der Waals surface area contributed by atoms with Crippen LogP contribution in [0.1, 0.15) is 38.1 Å². The molecule has 1 aliphatic heterocycles. The molecule has 1 fully saturated rings. The molecule has 1 saturated heterocycles. The van der Waals surface area contributed by atoms with Crippen LogP contribution in [-0.2, 0) is 15.0 Å². The summed E-state index contributed by atoms with van der Waals surface area (Å²) in [6, 6.07) is 2.28. The zero-order chi connectivity index (χ0) is 24.3. The van der Waals surface area contributed by atoms with Crippen LogP contribution in [0, 0.1) is 6.92 Å². The summed E-state index contributed by atoms with van der Waals surface area (Å²) in [7, 11) is 1.93. The van der Waals surface area contributed by atoms with Crippen molar-refractivity contribution in [2.24, 2.45) is 5.73 Å². The molecule has 0 saturated carbocycles. The molecular formula is C20H25F3N4O4S. The Kier molecular flexibility index (Phi) is 7.83. The normalized spacial score (nSPS) is 16.9. The largest absolute Gasteiger partial charge is 0.427 e. The van der Waals surface area contributed by atoms with E-state index in [1.165, 1.54) is 6.07 Å². The number of nitrogens with zero attached hydrogens (tertiary/aromatic N) is 2. The van der Waals surface area contributed by atoms with E-state index in [9.17, 15) is 27.6 Å². The van der Waals surface area contributed by atoms with E-state index in [1.54, 1.807) is 6.92 Å². The summed E-state index contributed by atoms with van der Waals surface area (Å²) in [5, 5.41) is 2.66. The van der Waals surface area contributed by atoms with Crippen molar-refractivity contribution in [2.45, 2.75) is 51.2 Å². The number of alkyl halides is 3. The fourth-order valence-electron chi connectivity index (χ4n) is 3.10. The molecule has 3 rings (SSSR count). The summed E-state index contributed by atoms with van der Waals surface area (Å²) in [5.41, 5.74) is 2.66. The number of amides is 2. The van der Waals surface area contributed by atoms with Crippen LogP contribution >= 0.6 is 11.3 Å². The molecule has 0 bridgehead atoms. The monoisotopic (exact) mass is 474 g/mol. The van der Waals surface area contributed by atoms with E-state index in [2.05, 4.69) is 10.3 Å². The topological polar surface area (TPSA) is 119 Å². The van der Waals surface area contributed by atoms with Crippen LogP contribution < -0.4 is 16.7 Å². The minimum atomic E-state index is -4.57. The summed E-state index contributed by atoms with van der Waals surface area (Å²) in [4.78, 5) is 39.3. The molecule has 3 heterocycles. The number of likely N-dealkylation sites (N-methyl/N-ethyl adjacent to an activating group) is 1. The smallest absolute Gasteiger partial charge is 0.400 e. The van der Waals surface area contributed by atoms with Gasteiger partial charge in [0.05, 0.1) is 16.6 Å². The Balaban J connectivity index is 0.000000336. The third kappa shape index (κ3) is 5.74. The van der Waals surface area contributed by atoms with Gasteiger partial charge in [-0.15, -0.1) is 0 Å². The van der Waals surface area contributed by atoms with Crippen LogP contribution in [0.3, 0.4) is 0 Å². The van der Waals surface area contributed by atoms with Gasteiger partial charge in [-0.25, -0.2) is 9.78 Å². The molecule has 176 valence electrons. The second kappa shape index (κ2) is 9.82. The lowest BCUT2D eigenvalue weighted by Gasteiger charge is -2.26. The lowest BCUT2D eigenvalue weighted by atomic mass is 9.88. The number of hydrogen-bond acceptors (Lipinski definition) is 7. The number of hydrogen-bond donors (Lipinski definition) is 2. The molecule has 0 aromatic carbocycles. The number of nitrogens with one attached hydrogen (secondary N) is 1. The third-order valence-electron chi connectivity index (χ3n) is 5.19. The molecule has 0 aliphatic carbocycles. The first-order valence-corrected chi connectivity index (χ1v) is 10.5. The molecule has 2 aromatic heterocycles. The van der Waals surface area contributed by atoms with Crippen molar-refractivity contribution < 1.29 is 27.2 Å². The van der Waals surface area contributed by atoms with Crippen LogP contribution in [0.5, 0.6) is 0 Å². The lowest BCUT2D eigenvalue weighted by molar-refractivity contribution is -0.185. The van der Waals surface area contributed by atoms with E-state index in [-0.39, 0.29) is 22.6 Å². The van der Waals surface area contributed by atoms with E-state index in [0.29, 0.717) is 17.0 Å². The molecule has 2 amide bonds. The van der Waals surface area contributed by atoms with Crippen LogP contribution in [0.25, 0.3) is 10.4 Å². The maximum atomic E-state index is 13.1. The number of halogens is 3. The number of rotatable bonds is 5. The molecule has 8 nitrogen and oxygen atoms in total. The van der Waals surface area contributed by atoms with E-state index in [1.807, 2.05) is 11.9 Å². The minimum Gasteiger partial charge on any atom is -0.427 e. The first kappa shape index (κ1) is 25.5. The Morgan fingerprint density at radius 1 is 1.38 bits per heavy atom. The average Bonchev–Trinajstić information content (AvgIpc) is 3.26. The fraction of sp³-hybridized carbons (Fsp3) is 0.500. The molecule has 0 radical (unpaired) electrons. The van der Waals surface area contributed by atoms with Gasteiger partial charge in [-0.2, -0.15) is 13.2 Å². The van der Waals surface area contributed by atoms with E-state index in [4.69, 9.17) is 10.2 Å². The maximum Gasteiger partial charge on any atom is 0.400 e. The summed E-state index contributed by atoms with van der Waals surface area (Å²) < 4.78 is 44.2. The predicted octanol–water partition coefficient (Wildman–Crippen LogP) is 3.05. The van der Waals surface area contributed by atoms with E-state index < -0.39 is 23.0 Å². The van der Waals surface area contributed by atoms with Gasteiger partial charge >= 0.3 is 11.8 Å². The van der Waals surface area contributed by atoms with Gasteiger partial charge < -0.3 is 15.5 Å². The molecule has 1 unspecified atom stereocenters. The fourth-order valence-corrected chi connectivity index (χ4v) is 4.01. The van der Waals surface area contributed by atoms with Crippen molar-refractivity contribution in [2.75, 3.05) is 18.9 Å². The van der Waals surface area contributed by atoms with Gasteiger partial charge in [0.25, 0.3) is 0 Å². The minimum absolute atomic E-state index is 0.00463. The van der Waals surface area contributed by atoms with Crippen molar-refractivity contribution in [3.8, 4) is 10.4 Å². The first-order chi connectivity index (χ1) is 14.8. The predicted molar refractivity (Wildman–Crippen MR) is 114 cm³/mol. The van der Waals surface area contributed by atoms with Gasteiger partial charge in [-0.05, 0) is 53.3 Å². The van der Waals surface area contributed by atoms with Crippen molar-refractivity contribution in [3.63, 3.8) is 0 Å². The van der Waals surface area contributed by atoms with Crippen LogP contribution in [0.4, 0.5) is 18.3 Å². The Labute approximate surface area is 186 Å². The standard InChI is InChI=1S/C14H13F3N2O3S.C6H12N2O/c1-7-11(23-12(19-7)18-6-20)8-4-9(22-10(21)5-8)13(2,3)14(15,16)17;1-8-4-2-3-5(8)6(7)9/h4-6H,1-3H3,(H,18,19,20);5H,2-4H2,1H3,(H2,7,9). The highest BCUT2D eigenvalue weighted by molar-refractivity contribution is 7.19. The van der Waals surface area contributed by atoms with Gasteiger partial charge in [0.2, 0.25) is 12.3 Å². The second-order valence-corrected chi connectivity index (χ2v) is 8.89. The highest BCUT2D eigenvalue weighted by atomic mass is 32.1.